The molecule has 8 nitrogen and oxygen atoms in total. The summed E-state index contributed by atoms with van der Waals surface area (Å²) in [5.74, 6) is 0.450. The average Bonchev–Trinajstić information content (AvgIpc) is 3.06. The van der Waals surface area contributed by atoms with Crippen molar-refractivity contribution in [2.45, 2.75) is 0 Å². The van der Waals surface area contributed by atoms with Crippen LogP contribution in [0.1, 0.15) is 0 Å². The van der Waals surface area contributed by atoms with E-state index in [0.29, 0.717) is 11.4 Å². The molecule has 8 heteroatoms. The molecule has 0 atom stereocenters. The van der Waals surface area contributed by atoms with Crippen LogP contribution in [0.2, 0.25) is 0 Å². The van der Waals surface area contributed by atoms with Gasteiger partial charge in [0.1, 0.15) is 11.5 Å². The third-order valence-electron chi connectivity index (χ3n) is 7.10. The Kier molecular flexibility index (Phi) is 7.79. The number of azo groups is 1. The van der Waals surface area contributed by atoms with Crippen LogP contribution in [-0.4, -0.2) is 15.1 Å². The molecule has 0 saturated carbocycles. The van der Waals surface area contributed by atoms with E-state index < -0.39 is 4.92 Å². The lowest BCUT2D eigenvalue weighted by molar-refractivity contribution is -0.384. The van der Waals surface area contributed by atoms with Gasteiger partial charge in [0.05, 0.1) is 16.3 Å². The van der Waals surface area contributed by atoms with Crippen molar-refractivity contribution in [3.63, 3.8) is 0 Å². The van der Waals surface area contributed by atoms with E-state index in [9.17, 15) is 20.3 Å². The largest absolute Gasteiger partial charge is 0.508 e. The maximum absolute atomic E-state index is 10.9. The van der Waals surface area contributed by atoms with E-state index in [0.717, 1.165) is 39.3 Å². The molecule has 2 N–H and O–H groups in total. The Labute approximate surface area is 253 Å². The fraction of sp³-hybridized carbons (Fsp3) is 0. The van der Waals surface area contributed by atoms with Crippen molar-refractivity contribution in [3.05, 3.63) is 156 Å². The van der Waals surface area contributed by atoms with Crippen molar-refractivity contribution in [2.75, 3.05) is 4.90 Å². The van der Waals surface area contributed by atoms with Crippen LogP contribution in [0, 0.1) is 10.1 Å². The maximum Gasteiger partial charge on any atom is 0.269 e. The highest BCUT2D eigenvalue weighted by atomic mass is 16.6. The first-order valence-electron chi connectivity index (χ1n) is 13.8. The number of rotatable bonds is 8. The van der Waals surface area contributed by atoms with E-state index in [2.05, 4.69) is 39.4 Å². The topological polar surface area (TPSA) is 112 Å². The summed E-state index contributed by atoms with van der Waals surface area (Å²) in [6, 6.07) is 44.2. The number of phenols is 2. The molecular weight excluding hydrogens is 552 g/mol. The summed E-state index contributed by atoms with van der Waals surface area (Å²) in [4.78, 5) is 12.6. The van der Waals surface area contributed by atoms with Crippen molar-refractivity contribution in [1.82, 2.24) is 0 Å². The molecule has 0 aliphatic rings. The van der Waals surface area contributed by atoms with Crippen molar-refractivity contribution < 1.29 is 15.1 Å². The number of benzene rings is 6. The van der Waals surface area contributed by atoms with Gasteiger partial charge in [-0.3, -0.25) is 10.1 Å². The minimum Gasteiger partial charge on any atom is -0.508 e. The first-order valence-corrected chi connectivity index (χ1v) is 13.8. The second-order valence-corrected chi connectivity index (χ2v) is 10.0. The molecule has 6 rings (SSSR count). The van der Waals surface area contributed by atoms with Gasteiger partial charge < -0.3 is 15.1 Å². The van der Waals surface area contributed by atoms with Gasteiger partial charge in [0.15, 0.2) is 0 Å². The van der Waals surface area contributed by atoms with Gasteiger partial charge in [0.25, 0.3) is 5.69 Å². The van der Waals surface area contributed by atoms with Gasteiger partial charge in [-0.15, -0.1) is 0 Å². The molecule has 214 valence electrons. The Balaban J connectivity index is 1.31. The summed E-state index contributed by atoms with van der Waals surface area (Å²) in [6.45, 7) is 0. The van der Waals surface area contributed by atoms with Crippen LogP contribution in [0.25, 0.3) is 22.3 Å². The Morgan fingerprint density at radius 2 is 0.750 bits per heavy atom. The lowest BCUT2D eigenvalue weighted by Crippen LogP contribution is -2.09. The second-order valence-electron chi connectivity index (χ2n) is 10.0. The predicted molar refractivity (Wildman–Crippen MR) is 173 cm³/mol. The summed E-state index contributed by atoms with van der Waals surface area (Å²) in [5.41, 5.74) is 8.02. The van der Waals surface area contributed by atoms with Crippen LogP contribution in [0.3, 0.4) is 0 Å². The zero-order valence-electron chi connectivity index (χ0n) is 23.4. The van der Waals surface area contributed by atoms with Crippen molar-refractivity contribution in [1.29, 1.82) is 0 Å². The highest BCUT2D eigenvalue weighted by Gasteiger charge is 2.14. The summed E-state index contributed by atoms with van der Waals surface area (Å²) in [5, 5.41) is 38.7. The first-order chi connectivity index (χ1) is 21.4. The third-order valence-corrected chi connectivity index (χ3v) is 7.10. The zero-order valence-corrected chi connectivity index (χ0v) is 23.4. The third kappa shape index (κ3) is 6.29. The number of nitrogens with zero attached hydrogens (tertiary/aromatic N) is 4. The standard InChI is InChI=1S/C36H26N4O4/c41-35-21-5-27(6-22-35)25-1-13-31(14-2-25)39(32-15-3-26(4-16-32)28-7-23-36(42)24-8-28)33-17-9-29(10-18-33)37-38-30-11-19-34(20-12-30)40(43)44/h1-24,41-42H. The number of aromatic hydroxyl groups is 2. The lowest BCUT2D eigenvalue weighted by atomic mass is 10.0. The zero-order chi connectivity index (χ0) is 30.5. The van der Waals surface area contributed by atoms with Gasteiger partial charge in [0, 0.05) is 29.2 Å². The fourth-order valence-corrected chi connectivity index (χ4v) is 4.79. The number of hydrogen-bond acceptors (Lipinski definition) is 7. The molecule has 0 radical (unpaired) electrons. The Morgan fingerprint density at radius 3 is 1.09 bits per heavy atom. The molecule has 0 aromatic heterocycles. The molecule has 0 aliphatic heterocycles. The van der Waals surface area contributed by atoms with Gasteiger partial charge in [-0.2, -0.15) is 10.2 Å². The number of phenolic OH excluding ortho intramolecular Hbond substituents is 2. The molecule has 0 saturated heterocycles. The van der Waals surface area contributed by atoms with E-state index in [4.69, 9.17) is 0 Å². The molecule has 6 aromatic carbocycles. The normalized spacial score (nSPS) is 11.0. The monoisotopic (exact) mass is 578 g/mol. The average molecular weight is 579 g/mol. The SMILES string of the molecule is O=[N+]([O-])c1ccc(N=Nc2ccc(N(c3ccc(-c4ccc(O)cc4)cc3)c3ccc(-c4ccc(O)cc4)cc3)cc2)cc1. The van der Waals surface area contributed by atoms with E-state index >= 15 is 0 Å². The molecule has 0 bridgehead atoms. The summed E-state index contributed by atoms with van der Waals surface area (Å²) in [6.07, 6.45) is 0. The van der Waals surface area contributed by atoms with Crippen LogP contribution in [-0.2, 0) is 0 Å². The highest BCUT2D eigenvalue weighted by Crippen LogP contribution is 2.38. The smallest absolute Gasteiger partial charge is 0.269 e. The van der Waals surface area contributed by atoms with Crippen molar-refractivity contribution in [3.8, 4) is 33.8 Å². The number of nitro benzene ring substituents is 1. The number of non-ortho nitro benzene ring substituents is 1. The minimum absolute atomic E-state index is 0.000547. The molecule has 44 heavy (non-hydrogen) atoms. The fourth-order valence-electron chi connectivity index (χ4n) is 4.79. The Bertz CT molecular complexity index is 1810. The lowest BCUT2D eigenvalue weighted by Gasteiger charge is -2.26. The van der Waals surface area contributed by atoms with Gasteiger partial charge in [-0.25, -0.2) is 0 Å². The first kappa shape index (κ1) is 27.9. The molecule has 0 fully saturated rings. The number of hydrogen-bond donors (Lipinski definition) is 2. The van der Waals surface area contributed by atoms with Gasteiger partial charge in [0.2, 0.25) is 0 Å². The number of anilines is 3. The molecule has 0 spiro atoms. The highest BCUT2D eigenvalue weighted by molar-refractivity contribution is 5.80. The van der Waals surface area contributed by atoms with Crippen LogP contribution < -0.4 is 4.90 Å². The summed E-state index contributed by atoms with van der Waals surface area (Å²) >= 11 is 0. The van der Waals surface area contributed by atoms with E-state index in [1.165, 1.54) is 12.1 Å². The molecular formula is C36H26N4O4. The molecule has 0 aliphatic carbocycles. The molecule has 6 aromatic rings. The van der Waals surface area contributed by atoms with Gasteiger partial charge >= 0.3 is 0 Å². The van der Waals surface area contributed by atoms with Crippen LogP contribution in [0.4, 0.5) is 34.1 Å². The Morgan fingerprint density at radius 1 is 0.455 bits per heavy atom. The van der Waals surface area contributed by atoms with Crippen molar-refractivity contribution in [2.24, 2.45) is 10.2 Å². The maximum atomic E-state index is 10.9. The summed E-state index contributed by atoms with van der Waals surface area (Å²) < 4.78 is 0. The van der Waals surface area contributed by atoms with Gasteiger partial charge in [-0.05, 0) is 107 Å². The van der Waals surface area contributed by atoms with Crippen LogP contribution >= 0.6 is 0 Å². The van der Waals surface area contributed by atoms with Crippen LogP contribution in [0.5, 0.6) is 11.5 Å². The molecule has 0 amide bonds. The van der Waals surface area contributed by atoms with E-state index in [-0.39, 0.29) is 17.2 Å². The van der Waals surface area contributed by atoms with Gasteiger partial charge in [-0.1, -0.05) is 48.5 Å². The predicted octanol–water partition coefficient (Wildman–Crippen LogP) is 10.2. The Hall–Kier alpha value is -6.28. The van der Waals surface area contributed by atoms with E-state index in [1.54, 1.807) is 36.4 Å². The summed E-state index contributed by atoms with van der Waals surface area (Å²) in [7, 11) is 0. The van der Waals surface area contributed by atoms with Crippen molar-refractivity contribution >= 4 is 34.1 Å². The quantitative estimate of drug-likeness (QED) is 0.106. The minimum atomic E-state index is -0.451. The number of nitro groups is 1. The second kappa shape index (κ2) is 12.3. The van der Waals surface area contributed by atoms with Crippen LogP contribution in [0.15, 0.2) is 156 Å². The van der Waals surface area contributed by atoms with E-state index in [1.807, 2.05) is 72.8 Å². The molecule has 0 unspecified atom stereocenters. The molecule has 0 heterocycles.